The highest BCUT2D eigenvalue weighted by molar-refractivity contribution is 6.01. The molecule has 1 saturated heterocycles. The molecule has 3 rings (SSSR count). The number of amides is 1. The Morgan fingerprint density at radius 1 is 1.00 bits per heavy atom. The van der Waals surface area contributed by atoms with Crippen molar-refractivity contribution in [3.05, 3.63) is 66.0 Å². The number of anilines is 1. The van der Waals surface area contributed by atoms with Gasteiger partial charge in [0.05, 0.1) is 12.5 Å². The molecule has 2 nitrogen and oxygen atoms in total. The quantitative estimate of drug-likeness (QED) is 0.744. The monoisotopic (exact) mass is 271 g/mol. The van der Waals surface area contributed by atoms with Crippen LogP contribution in [0.2, 0.25) is 0 Å². The van der Waals surface area contributed by atoms with Gasteiger partial charge < -0.3 is 4.90 Å². The van der Waals surface area contributed by atoms with E-state index in [9.17, 15) is 9.18 Å². The van der Waals surface area contributed by atoms with E-state index in [1.807, 2.05) is 44.2 Å². The van der Waals surface area contributed by atoms with Crippen LogP contribution in [0.25, 0.3) is 0 Å². The van der Waals surface area contributed by atoms with Gasteiger partial charge in [-0.1, -0.05) is 44.2 Å². The lowest BCUT2D eigenvalue weighted by molar-refractivity contribution is -0.124. The highest BCUT2D eigenvalue weighted by Crippen LogP contribution is 2.38. The zero-order valence-corrected chi connectivity index (χ0v) is 11.7. The molecule has 0 radical (unpaired) electrons. The van der Waals surface area contributed by atoms with E-state index in [0.717, 1.165) is 11.3 Å². The van der Waals surface area contributed by atoms with Gasteiger partial charge in [-0.3, -0.25) is 4.79 Å². The third-order valence-corrected chi connectivity index (χ3v) is 3.24. The lowest BCUT2D eigenvalue weighted by Gasteiger charge is -2.40. The lowest BCUT2D eigenvalue weighted by atomic mass is 9.93. The Balaban J connectivity index is 0.000000704. The molecule has 0 N–H and O–H groups in total. The van der Waals surface area contributed by atoms with E-state index in [1.165, 1.54) is 12.1 Å². The normalized spacial score (nSPS) is 17.1. The first-order chi connectivity index (χ1) is 9.75. The summed E-state index contributed by atoms with van der Waals surface area (Å²) in [5, 5.41) is 0. The van der Waals surface area contributed by atoms with Crippen LogP contribution in [0, 0.1) is 5.82 Å². The van der Waals surface area contributed by atoms with Gasteiger partial charge in [-0.2, -0.15) is 0 Å². The second-order valence-electron chi connectivity index (χ2n) is 4.37. The number of carbonyl (C=O) groups is 1. The van der Waals surface area contributed by atoms with Crippen molar-refractivity contribution in [2.45, 2.75) is 26.3 Å². The first-order valence-corrected chi connectivity index (χ1v) is 6.88. The highest BCUT2D eigenvalue weighted by atomic mass is 19.1. The van der Waals surface area contributed by atoms with Crippen LogP contribution in [-0.4, -0.2) is 5.91 Å². The van der Waals surface area contributed by atoms with Gasteiger partial charge in [0.2, 0.25) is 5.91 Å². The Labute approximate surface area is 118 Å². The molecule has 1 atom stereocenters. The molecular weight excluding hydrogens is 253 g/mol. The van der Waals surface area contributed by atoms with Crippen LogP contribution >= 0.6 is 0 Å². The van der Waals surface area contributed by atoms with Crippen LogP contribution in [0.3, 0.4) is 0 Å². The fraction of sp³-hybridized carbons (Fsp3) is 0.235. The molecule has 3 heteroatoms. The Morgan fingerprint density at radius 2 is 1.60 bits per heavy atom. The predicted molar refractivity (Wildman–Crippen MR) is 79.0 cm³/mol. The van der Waals surface area contributed by atoms with Crippen LogP contribution in [-0.2, 0) is 4.79 Å². The van der Waals surface area contributed by atoms with Crippen LogP contribution < -0.4 is 4.90 Å². The first-order valence-electron chi connectivity index (χ1n) is 6.88. The maximum atomic E-state index is 12.9. The Kier molecular flexibility index (Phi) is 4.51. The van der Waals surface area contributed by atoms with Crippen molar-refractivity contribution in [2.24, 2.45) is 0 Å². The number of halogens is 1. The second-order valence-corrected chi connectivity index (χ2v) is 4.37. The molecule has 1 unspecified atom stereocenters. The van der Waals surface area contributed by atoms with Crippen molar-refractivity contribution in [3.8, 4) is 0 Å². The molecule has 1 fully saturated rings. The van der Waals surface area contributed by atoms with Crippen LogP contribution in [0.1, 0.15) is 31.9 Å². The van der Waals surface area contributed by atoms with Gasteiger partial charge in [-0.05, 0) is 29.8 Å². The van der Waals surface area contributed by atoms with Crippen molar-refractivity contribution in [3.63, 3.8) is 0 Å². The maximum absolute atomic E-state index is 12.9. The highest BCUT2D eigenvalue weighted by Gasteiger charge is 2.37. The zero-order chi connectivity index (χ0) is 14.5. The largest absolute Gasteiger partial charge is 0.304 e. The van der Waals surface area contributed by atoms with Crippen molar-refractivity contribution >= 4 is 11.6 Å². The van der Waals surface area contributed by atoms with E-state index in [-0.39, 0.29) is 17.8 Å². The van der Waals surface area contributed by atoms with Crippen LogP contribution in [0.5, 0.6) is 0 Å². The second kappa shape index (κ2) is 6.33. The summed E-state index contributed by atoms with van der Waals surface area (Å²) in [6.45, 7) is 4.00. The fourth-order valence-electron chi connectivity index (χ4n) is 2.28. The smallest absolute Gasteiger partial charge is 0.230 e. The van der Waals surface area contributed by atoms with E-state index in [1.54, 1.807) is 17.0 Å². The standard InChI is InChI=1S/C15H12FNO.C2H6/c16-12-6-8-13(9-7-12)17-14(10-15(17)18)11-4-2-1-3-5-11;1-2/h1-9,14H,10H2;1-2H3. The van der Waals surface area contributed by atoms with Crippen molar-refractivity contribution < 1.29 is 9.18 Å². The molecule has 1 amide bonds. The molecule has 0 bridgehead atoms. The van der Waals surface area contributed by atoms with Crippen molar-refractivity contribution in [1.29, 1.82) is 0 Å². The number of hydrogen-bond acceptors (Lipinski definition) is 1. The van der Waals surface area contributed by atoms with E-state index in [4.69, 9.17) is 0 Å². The minimum atomic E-state index is -0.289. The van der Waals surface area contributed by atoms with Gasteiger partial charge in [0.25, 0.3) is 0 Å². The molecule has 104 valence electrons. The number of β-lactam (4-membered cyclic amide) rings is 1. The van der Waals surface area contributed by atoms with Gasteiger partial charge >= 0.3 is 0 Å². The van der Waals surface area contributed by atoms with Gasteiger partial charge in [0.1, 0.15) is 5.82 Å². The van der Waals surface area contributed by atoms with E-state index >= 15 is 0 Å². The SMILES string of the molecule is CC.O=C1CC(c2ccccc2)N1c1ccc(F)cc1. The molecule has 0 aliphatic carbocycles. The first kappa shape index (κ1) is 14.3. The third-order valence-electron chi connectivity index (χ3n) is 3.24. The molecule has 20 heavy (non-hydrogen) atoms. The number of carbonyl (C=O) groups excluding carboxylic acids is 1. The number of benzene rings is 2. The van der Waals surface area contributed by atoms with Gasteiger partial charge in [-0.15, -0.1) is 0 Å². The summed E-state index contributed by atoms with van der Waals surface area (Å²) in [5.74, 6) is -0.210. The summed E-state index contributed by atoms with van der Waals surface area (Å²) in [5.41, 5.74) is 1.86. The summed E-state index contributed by atoms with van der Waals surface area (Å²) < 4.78 is 12.9. The summed E-state index contributed by atoms with van der Waals surface area (Å²) in [6, 6.07) is 16.0. The molecule has 1 aliphatic heterocycles. The summed E-state index contributed by atoms with van der Waals surface area (Å²) in [4.78, 5) is 13.4. The zero-order valence-electron chi connectivity index (χ0n) is 11.7. The van der Waals surface area contributed by atoms with Gasteiger partial charge in [-0.25, -0.2) is 4.39 Å². The van der Waals surface area contributed by atoms with E-state index < -0.39 is 0 Å². The average molecular weight is 271 g/mol. The lowest BCUT2D eigenvalue weighted by Crippen LogP contribution is -2.46. The third kappa shape index (κ3) is 2.72. The van der Waals surface area contributed by atoms with Crippen molar-refractivity contribution in [2.75, 3.05) is 4.90 Å². The Hall–Kier alpha value is -2.16. The fourth-order valence-corrected chi connectivity index (χ4v) is 2.28. The molecule has 1 heterocycles. The van der Waals surface area contributed by atoms with Crippen LogP contribution in [0.4, 0.5) is 10.1 Å². The topological polar surface area (TPSA) is 20.3 Å². The summed E-state index contributed by atoms with van der Waals surface area (Å²) in [7, 11) is 0. The Morgan fingerprint density at radius 3 is 2.15 bits per heavy atom. The van der Waals surface area contributed by atoms with E-state index in [2.05, 4.69) is 0 Å². The molecule has 2 aromatic carbocycles. The maximum Gasteiger partial charge on any atom is 0.230 e. The summed E-state index contributed by atoms with van der Waals surface area (Å²) in [6.07, 6.45) is 0.515. The Bertz CT molecular complexity index is 565. The van der Waals surface area contributed by atoms with Gasteiger partial charge in [0, 0.05) is 5.69 Å². The summed E-state index contributed by atoms with van der Waals surface area (Å²) >= 11 is 0. The van der Waals surface area contributed by atoms with Crippen LogP contribution in [0.15, 0.2) is 54.6 Å². The molecule has 2 aromatic rings. The molecule has 0 aromatic heterocycles. The minimum Gasteiger partial charge on any atom is -0.304 e. The molecule has 0 saturated carbocycles. The van der Waals surface area contributed by atoms with Gasteiger partial charge in [0.15, 0.2) is 0 Å². The molecule has 0 spiro atoms. The number of hydrogen-bond donors (Lipinski definition) is 0. The van der Waals surface area contributed by atoms with E-state index in [0.29, 0.717) is 6.42 Å². The minimum absolute atomic E-state index is 0.0733. The van der Waals surface area contributed by atoms with Crippen molar-refractivity contribution in [1.82, 2.24) is 0 Å². The predicted octanol–water partition coefficient (Wildman–Crippen LogP) is 4.33. The number of rotatable bonds is 2. The molecule has 1 aliphatic rings. The number of nitrogens with zero attached hydrogens (tertiary/aromatic N) is 1. The molecular formula is C17H18FNO. The average Bonchev–Trinajstić information content (AvgIpc) is 2.50.